The molecule has 3 aromatic rings. The van der Waals surface area contributed by atoms with Crippen molar-refractivity contribution >= 4 is 33.6 Å². The van der Waals surface area contributed by atoms with Gasteiger partial charge in [0.05, 0.1) is 0 Å². The highest BCUT2D eigenvalue weighted by atomic mass is 32.1. The molecular formula is C17H17F2N5OS. The largest absolute Gasteiger partial charge is 0.361 e. The van der Waals surface area contributed by atoms with E-state index in [1.54, 1.807) is 6.20 Å². The second-order valence-corrected chi connectivity index (χ2v) is 7.49. The molecule has 0 saturated heterocycles. The highest BCUT2D eigenvalue weighted by molar-refractivity contribution is 7.09. The Balaban J connectivity index is 1.32. The normalized spacial score (nSPS) is 15.2. The van der Waals surface area contributed by atoms with Gasteiger partial charge in [0, 0.05) is 46.7 Å². The first kappa shape index (κ1) is 16.9. The Hall–Kier alpha value is -2.55. The van der Waals surface area contributed by atoms with E-state index >= 15 is 0 Å². The molecule has 0 radical (unpaired) electrons. The van der Waals surface area contributed by atoms with Crippen molar-refractivity contribution in [2.24, 2.45) is 0 Å². The molecule has 0 bridgehead atoms. The number of nitrogens with one attached hydrogen (secondary N) is 3. The van der Waals surface area contributed by atoms with Crippen LogP contribution >= 0.6 is 11.5 Å². The van der Waals surface area contributed by atoms with Gasteiger partial charge in [-0.25, -0.2) is 18.6 Å². The molecule has 6 nitrogen and oxygen atoms in total. The molecule has 0 unspecified atom stereocenters. The van der Waals surface area contributed by atoms with Crippen molar-refractivity contribution in [2.75, 3.05) is 11.9 Å². The molecule has 26 heavy (non-hydrogen) atoms. The van der Waals surface area contributed by atoms with Crippen molar-refractivity contribution in [2.45, 2.75) is 31.6 Å². The van der Waals surface area contributed by atoms with Gasteiger partial charge in [-0.3, -0.25) is 5.32 Å². The Morgan fingerprint density at radius 2 is 2.12 bits per heavy atom. The molecule has 4 rings (SSSR count). The monoisotopic (exact) mass is 377 g/mol. The zero-order chi connectivity index (χ0) is 18.3. The van der Waals surface area contributed by atoms with E-state index < -0.39 is 11.6 Å². The molecule has 1 fully saturated rings. The number of carbonyl (C=O) groups excluding carboxylic acids is 1. The van der Waals surface area contributed by atoms with Crippen LogP contribution < -0.4 is 10.6 Å². The minimum Gasteiger partial charge on any atom is -0.361 e. The van der Waals surface area contributed by atoms with E-state index in [0.29, 0.717) is 29.0 Å². The zero-order valence-electron chi connectivity index (χ0n) is 14.0. The van der Waals surface area contributed by atoms with Crippen LogP contribution in [0.5, 0.6) is 0 Å². The zero-order valence-corrected chi connectivity index (χ0v) is 14.8. The molecule has 0 spiro atoms. The molecule has 2 aromatic heterocycles. The van der Waals surface area contributed by atoms with Gasteiger partial charge >= 0.3 is 6.03 Å². The predicted octanol–water partition coefficient (Wildman–Crippen LogP) is 3.71. The van der Waals surface area contributed by atoms with E-state index in [2.05, 4.69) is 31.9 Å². The third-order valence-corrected chi connectivity index (χ3v) is 5.31. The summed E-state index contributed by atoms with van der Waals surface area (Å²) in [6, 6.07) is 1.92. The molecule has 0 aliphatic heterocycles. The molecule has 2 amide bonds. The van der Waals surface area contributed by atoms with E-state index in [1.165, 1.54) is 11.5 Å². The molecule has 1 aromatic carbocycles. The summed E-state index contributed by atoms with van der Waals surface area (Å²) in [5.41, 5.74) is 1.40. The van der Waals surface area contributed by atoms with Gasteiger partial charge in [-0.05, 0) is 30.9 Å². The lowest BCUT2D eigenvalue weighted by atomic mass is 10.1. The van der Waals surface area contributed by atoms with Crippen LogP contribution in [0.2, 0.25) is 0 Å². The highest BCUT2D eigenvalue weighted by Gasteiger charge is 2.42. The number of anilines is 1. The third kappa shape index (κ3) is 3.26. The quantitative estimate of drug-likeness (QED) is 0.634. The highest BCUT2D eigenvalue weighted by Crippen LogP contribution is 2.46. The first-order chi connectivity index (χ1) is 12.4. The predicted molar refractivity (Wildman–Crippen MR) is 95.4 cm³/mol. The number of urea groups is 1. The molecule has 1 saturated carbocycles. The second kappa shape index (κ2) is 6.31. The summed E-state index contributed by atoms with van der Waals surface area (Å²) in [7, 11) is 0. The van der Waals surface area contributed by atoms with Gasteiger partial charge in [-0.1, -0.05) is 6.92 Å². The number of rotatable bonds is 5. The van der Waals surface area contributed by atoms with Crippen LogP contribution in [0.15, 0.2) is 18.3 Å². The number of hydrogen-bond acceptors (Lipinski definition) is 4. The SMILES string of the molecule is CC1(c2nsc(NC(=O)NCCc3c[nH]c4cc(F)c(F)cc34)n2)CC1. The number of nitrogens with zero attached hydrogens (tertiary/aromatic N) is 2. The van der Waals surface area contributed by atoms with Crippen LogP contribution in [0.3, 0.4) is 0 Å². The van der Waals surface area contributed by atoms with Gasteiger partial charge in [0.15, 0.2) is 17.5 Å². The molecule has 136 valence electrons. The minimum atomic E-state index is -0.889. The van der Waals surface area contributed by atoms with E-state index in [-0.39, 0.29) is 11.4 Å². The van der Waals surface area contributed by atoms with E-state index in [9.17, 15) is 13.6 Å². The summed E-state index contributed by atoms with van der Waals surface area (Å²) in [5, 5.41) is 6.48. The van der Waals surface area contributed by atoms with Crippen LogP contribution in [0.1, 0.15) is 31.2 Å². The summed E-state index contributed by atoms with van der Waals surface area (Å²) in [6.07, 6.45) is 4.32. The number of carbonyl (C=O) groups is 1. The molecule has 1 aliphatic carbocycles. The molecule has 2 heterocycles. The maximum Gasteiger partial charge on any atom is 0.321 e. The van der Waals surface area contributed by atoms with Crippen LogP contribution in [-0.2, 0) is 11.8 Å². The van der Waals surface area contributed by atoms with Gasteiger partial charge in [-0.2, -0.15) is 4.37 Å². The number of H-pyrrole nitrogens is 1. The Bertz CT molecular complexity index is 979. The molecule has 9 heteroatoms. The second-order valence-electron chi connectivity index (χ2n) is 6.74. The fourth-order valence-corrected chi connectivity index (χ4v) is 3.46. The van der Waals surface area contributed by atoms with E-state index in [0.717, 1.165) is 36.4 Å². The molecule has 0 atom stereocenters. The van der Waals surface area contributed by atoms with Crippen molar-refractivity contribution < 1.29 is 13.6 Å². The minimum absolute atomic E-state index is 0.0665. The molecule has 3 N–H and O–H groups in total. The van der Waals surface area contributed by atoms with Crippen LogP contribution in [0.4, 0.5) is 18.7 Å². The van der Waals surface area contributed by atoms with Crippen molar-refractivity contribution in [3.63, 3.8) is 0 Å². The number of aromatic amines is 1. The number of aromatic nitrogens is 3. The standard InChI is InChI=1S/C17H17F2N5OS/c1-17(3-4-17)14-22-16(26-24-14)23-15(25)20-5-2-9-8-21-13-7-12(19)11(18)6-10(9)13/h6-8,21H,2-5H2,1H3,(H2,20,22,23,24,25). The van der Waals surface area contributed by atoms with E-state index in [4.69, 9.17) is 0 Å². The van der Waals surface area contributed by atoms with Gasteiger partial charge in [0.25, 0.3) is 0 Å². The number of hydrogen-bond donors (Lipinski definition) is 3. The van der Waals surface area contributed by atoms with Gasteiger partial charge < -0.3 is 10.3 Å². The summed E-state index contributed by atoms with van der Waals surface area (Å²) >= 11 is 1.17. The van der Waals surface area contributed by atoms with Gasteiger partial charge in [0.2, 0.25) is 5.13 Å². The van der Waals surface area contributed by atoms with Crippen molar-refractivity contribution in [3.05, 3.63) is 41.4 Å². The first-order valence-corrected chi connectivity index (χ1v) is 9.06. The van der Waals surface area contributed by atoms with Gasteiger partial charge in [-0.15, -0.1) is 0 Å². The fraction of sp³-hybridized carbons (Fsp3) is 0.353. The Kier molecular flexibility index (Phi) is 4.10. The van der Waals surface area contributed by atoms with Crippen LogP contribution in [0, 0.1) is 11.6 Å². The number of benzene rings is 1. The maximum absolute atomic E-state index is 13.4. The summed E-state index contributed by atoms with van der Waals surface area (Å²) < 4.78 is 30.9. The van der Waals surface area contributed by atoms with Crippen LogP contribution in [0.25, 0.3) is 10.9 Å². The number of fused-ring (bicyclic) bond motifs is 1. The number of halogens is 2. The lowest BCUT2D eigenvalue weighted by molar-refractivity contribution is 0.252. The average Bonchev–Trinajstić information content (AvgIpc) is 3.01. The average molecular weight is 377 g/mol. The van der Waals surface area contributed by atoms with Crippen molar-refractivity contribution in [1.82, 2.24) is 19.7 Å². The smallest absolute Gasteiger partial charge is 0.321 e. The lowest BCUT2D eigenvalue weighted by Gasteiger charge is -2.05. The van der Waals surface area contributed by atoms with Gasteiger partial charge in [0.1, 0.15) is 0 Å². The Labute approximate surface area is 152 Å². The van der Waals surface area contributed by atoms with Crippen LogP contribution in [-0.4, -0.2) is 26.9 Å². The summed E-state index contributed by atoms with van der Waals surface area (Å²) in [5.74, 6) is -0.994. The third-order valence-electron chi connectivity index (χ3n) is 4.67. The maximum atomic E-state index is 13.4. The topological polar surface area (TPSA) is 82.7 Å². The molecular weight excluding hydrogens is 360 g/mol. The lowest BCUT2D eigenvalue weighted by Crippen LogP contribution is -2.30. The number of amides is 2. The Morgan fingerprint density at radius 3 is 2.88 bits per heavy atom. The molecule has 1 aliphatic rings. The summed E-state index contributed by atoms with van der Waals surface area (Å²) in [4.78, 5) is 19.2. The van der Waals surface area contributed by atoms with Crippen molar-refractivity contribution in [3.8, 4) is 0 Å². The fourth-order valence-electron chi connectivity index (χ4n) is 2.76. The first-order valence-electron chi connectivity index (χ1n) is 8.29. The van der Waals surface area contributed by atoms with E-state index in [1.807, 2.05) is 0 Å². The Morgan fingerprint density at radius 1 is 1.35 bits per heavy atom. The summed E-state index contributed by atoms with van der Waals surface area (Å²) in [6.45, 7) is 2.45. The van der Waals surface area contributed by atoms with Crippen molar-refractivity contribution in [1.29, 1.82) is 0 Å².